The normalized spacial score (nSPS) is 18.4. The summed E-state index contributed by atoms with van der Waals surface area (Å²) in [5.74, 6) is 1.75. The highest BCUT2D eigenvalue weighted by molar-refractivity contribution is 7.99. The smallest absolute Gasteiger partial charge is 0.0866 e. The summed E-state index contributed by atoms with van der Waals surface area (Å²) in [4.78, 5) is 3.63. The van der Waals surface area contributed by atoms with Crippen LogP contribution in [0.25, 0.3) is 0 Å². The molecule has 1 aliphatic heterocycles. The summed E-state index contributed by atoms with van der Waals surface area (Å²) in [5.41, 5.74) is 1.46. The van der Waals surface area contributed by atoms with Gasteiger partial charge < -0.3 is 0 Å². The maximum Gasteiger partial charge on any atom is 0.0866 e. The van der Waals surface area contributed by atoms with Gasteiger partial charge in [-0.15, -0.1) is 11.8 Å². The summed E-state index contributed by atoms with van der Waals surface area (Å²) >= 11 is 1.94. The molecule has 84 valence electrons. The van der Waals surface area contributed by atoms with E-state index < -0.39 is 0 Å². The van der Waals surface area contributed by atoms with Gasteiger partial charge in [0.1, 0.15) is 0 Å². The van der Waals surface area contributed by atoms with Crippen molar-refractivity contribution in [3.05, 3.63) is 29.8 Å². The van der Waals surface area contributed by atoms with Crippen molar-refractivity contribution in [2.24, 2.45) is 0 Å². The Hall–Kier alpha value is -0.980. The first-order valence-corrected chi connectivity index (χ1v) is 6.64. The third-order valence-corrected chi connectivity index (χ3v) is 4.27. The van der Waals surface area contributed by atoms with Crippen LogP contribution >= 0.6 is 11.8 Å². The molecule has 0 amide bonds. The molecule has 1 aliphatic rings. The molecular formula is C13H16N2S. The van der Waals surface area contributed by atoms with Crippen molar-refractivity contribution in [1.82, 2.24) is 4.90 Å². The number of likely N-dealkylation sites (N-methyl/N-ethyl adjacent to an activating group) is 1. The molecule has 0 aromatic heterocycles. The topological polar surface area (TPSA) is 27.0 Å². The molecule has 0 fully saturated rings. The highest BCUT2D eigenvalue weighted by Gasteiger charge is 2.24. The summed E-state index contributed by atoms with van der Waals surface area (Å²) in [6.45, 7) is 4.62. The van der Waals surface area contributed by atoms with Crippen molar-refractivity contribution in [2.75, 3.05) is 25.4 Å². The molecule has 16 heavy (non-hydrogen) atoms. The van der Waals surface area contributed by atoms with Gasteiger partial charge in [-0.2, -0.15) is 5.26 Å². The molecule has 2 nitrogen and oxygen atoms in total. The predicted octanol–water partition coefficient (Wildman–Crippen LogP) is 2.72. The molecule has 1 unspecified atom stereocenters. The number of thioether (sulfide) groups is 1. The Morgan fingerprint density at radius 3 is 3.06 bits per heavy atom. The van der Waals surface area contributed by atoms with E-state index in [1.165, 1.54) is 10.5 Å². The van der Waals surface area contributed by atoms with Gasteiger partial charge in [-0.3, -0.25) is 4.90 Å². The Bertz CT molecular complexity index is 397. The fourth-order valence-electron chi connectivity index (χ4n) is 2.10. The second-order valence-corrected chi connectivity index (χ2v) is 5.09. The number of hydrogen-bond donors (Lipinski definition) is 0. The van der Waals surface area contributed by atoms with Gasteiger partial charge >= 0.3 is 0 Å². The minimum atomic E-state index is 0.542. The van der Waals surface area contributed by atoms with Gasteiger partial charge in [-0.25, -0.2) is 0 Å². The van der Waals surface area contributed by atoms with Crippen LogP contribution in [0.15, 0.2) is 29.2 Å². The first-order chi connectivity index (χ1) is 7.85. The molecule has 1 aromatic carbocycles. The average molecular weight is 232 g/mol. The zero-order valence-electron chi connectivity index (χ0n) is 9.52. The van der Waals surface area contributed by atoms with E-state index in [1.54, 1.807) is 0 Å². The highest BCUT2D eigenvalue weighted by atomic mass is 32.2. The number of rotatable bonds is 4. The van der Waals surface area contributed by atoms with Crippen LogP contribution in [0, 0.1) is 11.3 Å². The van der Waals surface area contributed by atoms with Gasteiger partial charge in [0.25, 0.3) is 0 Å². The summed E-state index contributed by atoms with van der Waals surface area (Å²) in [5, 5.41) is 8.74. The molecule has 1 atom stereocenters. The number of nitrogens with zero attached hydrogens (tertiary/aromatic N) is 2. The highest BCUT2D eigenvalue weighted by Crippen LogP contribution is 2.39. The molecule has 1 heterocycles. The Labute approximate surface area is 101 Å². The third kappa shape index (κ3) is 2.40. The van der Waals surface area contributed by atoms with Crippen LogP contribution in [0.3, 0.4) is 0 Å². The molecule has 0 radical (unpaired) electrons. The van der Waals surface area contributed by atoms with Crippen molar-refractivity contribution in [3.63, 3.8) is 0 Å². The van der Waals surface area contributed by atoms with E-state index in [0.29, 0.717) is 12.5 Å². The molecule has 0 saturated carbocycles. The maximum absolute atomic E-state index is 8.74. The van der Waals surface area contributed by atoms with E-state index in [0.717, 1.165) is 18.8 Å². The molecule has 2 rings (SSSR count). The Morgan fingerprint density at radius 1 is 1.50 bits per heavy atom. The van der Waals surface area contributed by atoms with E-state index in [4.69, 9.17) is 5.26 Å². The van der Waals surface area contributed by atoms with Crippen molar-refractivity contribution in [2.45, 2.75) is 17.7 Å². The molecule has 0 aliphatic carbocycles. The van der Waals surface area contributed by atoms with Crippen LogP contribution in [-0.4, -0.2) is 30.3 Å². The molecule has 0 bridgehead atoms. The van der Waals surface area contributed by atoms with E-state index in [2.05, 4.69) is 42.2 Å². The molecular weight excluding hydrogens is 216 g/mol. The van der Waals surface area contributed by atoms with Gasteiger partial charge in [-0.1, -0.05) is 25.1 Å². The molecule has 0 spiro atoms. The first kappa shape index (κ1) is 11.5. The van der Waals surface area contributed by atoms with E-state index in [1.807, 2.05) is 11.8 Å². The summed E-state index contributed by atoms with van der Waals surface area (Å²) in [6.07, 6.45) is 0. The number of fused-ring (bicyclic) bond motifs is 1. The Morgan fingerprint density at radius 2 is 2.31 bits per heavy atom. The lowest BCUT2D eigenvalue weighted by atomic mass is 10.0. The van der Waals surface area contributed by atoms with E-state index in [9.17, 15) is 0 Å². The maximum atomic E-state index is 8.74. The second kappa shape index (κ2) is 5.38. The predicted molar refractivity (Wildman–Crippen MR) is 67.6 cm³/mol. The van der Waals surface area contributed by atoms with E-state index >= 15 is 0 Å². The van der Waals surface area contributed by atoms with Crippen LogP contribution in [0.4, 0.5) is 0 Å². The van der Waals surface area contributed by atoms with Gasteiger partial charge in [0.2, 0.25) is 0 Å². The van der Waals surface area contributed by atoms with Gasteiger partial charge in [-0.05, 0) is 18.2 Å². The van der Waals surface area contributed by atoms with Crippen molar-refractivity contribution >= 4 is 11.8 Å². The summed E-state index contributed by atoms with van der Waals surface area (Å²) < 4.78 is 0. The third-order valence-electron chi connectivity index (χ3n) is 3.02. The zero-order valence-corrected chi connectivity index (χ0v) is 10.3. The largest absolute Gasteiger partial charge is 0.290 e. The van der Waals surface area contributed by atoms with Crippen LogP contribution < -0.4 is 0 Å². The number of nitriles is 1. The Balaban J connectivity index is 2.05. The molecule has 0 saturated heterocycles. The van der Waals surface area contributed by atoms with Crippen LogP contribution in [-0.2, 0) is 0 Å². The first-order valence-electron chi connectivity index (χ1n) is 5.66. The standard InChI is InChI=1S/C13H16N2S/c1-2-15(8-7-14)9-11-10-16-13-6-4-3-5-12(11)13/h3-6,11H,2,8-10H2,1H3. The monoisotopic (exact) mass is 232 g/mol. The molecule has 3 heteroatoms. The number of benzene rings is 1. The quantitative estimate of drug-likeness (QED) is 0.747. The summed E-state index contributed by atoms with van der Waals surface area (Å²) in [6, 6.07) is 10.9. The fraction of sp³-hybridized carbons (Fsp3) is 0.462. The number of hydrogen-bond acceptors (Lipinski definition) is 3. The molecule has 1 aromatic rings. The lowest BCUT2D eigenvalue weighted by molar-refractivity contribution is 0.307. The SMILES string of the molecule is CCN(CC#N)CC1CSc2ccccc21. The van der Waals surface area contributed by atoms with Gasteiger partial charge in [0.05, 0.1) is 12.6 Å². The van der Waals surface area contributed by atoms with Crippen LogP contribution in [0.1, 0.15) is 18.4 Å². The Kier molecular flexibility index (Phi) is 3.87. The van der Waals surface area contributed by atoms with Crippen LogP contribution in [0.5, 0.6) is 0 Å². The molecule has 0 N–H and O–H groups in total. The zero-order chi connectivity index (χ0) is 11.4. The van der Waals surface area contributed by atoms with E-state index in [-0.39, 0.29) is 0 Å². The lowest BCUT2D eigenvalue weighted by Gasteiger charge is -2.21. The van der Waals surface area contributed by atoms with Crippen molar-refractivity contribution in [3.8, 4) is 6.07 Å². The minimum Gasteiger partial charge on any atom is -0.290 e. The van der Waals surface area contributed by atoms with Crippen molar-refractivity contribution < 1.29 is 0 Å². The lowest BCUT2D eigenvalue weighted by Crippen LogP contribution is -2.29. The summed E-state index contributed by atoms with van der Waals surface area (Å²) in [7, 11) is 0. The fourth-order valence-corrected chi connectivity index (χ4v) is 3.34. The second-order valence-electron chi connectivity index (χ2n) is 4.03. The van der Waals surface area contributed by atoms with Gasteiger partial charge in [0.15, 0.2) is 0 Å². The average Bonchev–Trinajstić information content (AvgIpc) is 2.72. The van der Waals surface area contributed by atoms with Crippen molar-refractivity contribution in [1.29, 1.82) is 5.26 Å². The van der Waals surface area contributed by atoms with Crippen LogP contribution in [0.2, 0.25) is 0 Å². The van der Waals surface area contributed by atoms with Gasteiger partial charge in [0, 0.05) is 23.1 Å². The minimum absolute atomic E-state index is 0.542.